The van der Waals surface area contributed by atoms with Crippen molar-refractivity contribution in [1.82, 2.24) is 4.90 Å². The summed E-state index contributed by atoms with van der Waals surface area (Å²) in [6.45, 7) is 2.53. The van der Waals surface area contributed by atoms with Gasteiger partial charge in [-0.1, -0.05) is 73.1 Å². The lowest BCUT2D eigenvalue weighted by Crippen LogP contribution is -2.49. The first kappa shape index (κ1) is 27.2. The number of amides is 1. The van der Waals surface area contributed by atoms with Crippen LogP contribution < -0.4 is 10.1 Å². The van der Waals surface area contributed by atoms with E-state index in [2.05, 4.69) is 5.32 Å². The fourth-order valence-electron chi connectivity index (χ4n) is 7.09. The molecule has 0 bridgehead atoms. The standard InChI is InChI=1S/C36H29ClN2O4/c1-2-20-43-26-10-7-9-24(21-26)32(40)30-31(33(41)23-14-16-25(37)17-15-23)39-19-18-22-8-3-4-11-27(22)34(39)36(30)28-12-5-6-13-29(28)38-35(36)42/h3-19,21,30-31,34H,2,20H2,1H3,(H,38,42)/t30-,31+,34+,36-/m0/s1. The molecule has 3 heterocycles. The number of nitrogens with one attached hydrogen (secondary N) is 1. The van der Waals surface area contributed by atoms with Crippen molar-refractivity contribution in [2.24, 2.45) is 5.92 Å². The second-order valence-corrected chi connectivity index (χ2v) is 11.6. The molecule has 4 aromatic carbocycles. The van der Waals surface area contributed by atoms with Gasteiger partial charge in [-0.2, -0.15) is 0 Å². The molecule has 1 N–H and O–H groups in total. The number of Topliss-reactive ketones (excluding diaryl/α,β-unsaturated/α-hetero) is 2. The van der Waals surface area contributed by atoms with Gasteiger partial charge in [0.15, 0.2) is 11.6 Å². The van der Waals surface area contributed by atoms with E-state index in [4.69, 9.17) is 16.3 Å². The quantitative estimate of drug-likeness (QED) is 0.233. The Kier molecular flexibility index (Phi) is 6.66. The molecule has 1 spiro atoms. The van der Waals surface area contributed by atoms with Crippen LogP contribution in [0, 0.1) is 5.92 Å². The molecule has 7 heteroatoms. The Bertz CT molecular complexity index is 1800. The first-order valence-corrected chi connectivity index (χ1v) is 14.8. The SMILES string of the molecule is CCCOc1cccc(C(=O)[C@@H]2[C@H](C(=O)c3ccc(Cl)cc3)N3C=Cc4ccccc4[C@@H]3[C@@]23C(=O)Nc2ccccc23)c1. The van der Waals surface area contributed by atoms with E-state index in [9.17, 15) is 14.4 Å². The highest BCUT2D eigenvalue weighted by molar-refractivity contribution is 6.30. The summed E-state index contributed by atoms with van der Waals surface area (Å²) in [7, 11) is 0. The summed E-state index contributed by atoms with van der Waals surface area (Å²) in [6.07, 6.45) is 4.64. The van der Waals surface area contributed by atoms with Crippen LogP contribution in [0.15, 0.2) is 103 Å². The second kappa shape index (κ2) is 10.5. The molecule has 7 rings (SSSR count). The van der Waals surface area contributed by atoms with E-state index in [1.807, 2.05) is 78.7 Å². The maximum atomic E-state index is 15.0. The van der Waals surface area contributed by atoms with Crippen molar-refractivity contribution in [2.45, 2.75) is 30.8 Å². The van der Waals surface area contributed by atoms with Crippen LogP contribution in [-0.4, -0.2) is 35.0 Å². The number of para-hydroxylation sites is 1. The van der Waals surface area contributed by atoms with E-state index in [1.54, 1.807) is 42.5 Å². The molecule has 0 saturated carbocycles. The zero-order valence-electron chi connectivity index (χ0n) is 23.5. The second-order valence-electron chi connectivity index (χ2n) is 11.2. The minimum atomic E-state index is -1.39. The molecule has 1 fully saturated rings. The summed E-state index contributed by atoms with van der Waals surface area (Å²) in [5.74, 6) is -1.32. The topological polar surface area (TPSA) is 75.7 Å². The van der Waals surface area contributed by atoms with Gasteiger partial charge in [-0.05, 0) is 71.7 Å². The van der Waals surface area contributed by atoms with E-state index in [1.165, 1.54) is 0 Å². The highest BCUT2D eigenvalue weighted by atomic mass is 35.5. The number of ether oxygens (including phenoxy) is 1. The lowest BCUT2D eigenvalue weighted by Gasteiger charge is -2.38. The molecule has 0 aromatic heterocycles. The third-order valence-corrected chi connectivity index (χ3v) is 9.09. The number of nitrogens with zero attached hydrogens (tertiary/aromatic N) is 1. The van der Waals surface area contributed by atoms with Crippen LogP contribution >= 0.6 is 11.6 Å². The largest absolute Gasteiger partial charge is 0.494 e. The lowest BCUT2D eigenvalue weighted by molar-refractivity contribution is -0.122. The van der Waals surface area contributed by atoms with Gasteiger partial charge in [0.2, 0.25) is 5.91 Å². The Balaban J connectivity index is 1.49. The Morgan fingerprint density at radius 2 is 1.67 bits per heavy atom. The first-order valence-electron chi connectivity index (χ1n) is 14.5. The van der Waals surface area contributed by atoms with Crippen LogP contribution in [0.5, 0.6) is 5.75 Å². The van der Waals surface area contributed by atoms with Crippen LogP contribution in [-0.2, 0) is 10.2 Å². The first-order chi connectivity index (χ1) is 20.9. The maximum absolute atomic E-state index is 15.0. The number of anilines is 1. The molecule has 0 aliphatic carbocycles. The van der Waals surface area contributed by atoms with Gasteiger partial charge in [-0.25, -0.2) is 0 Å². The number of carbonyl (C=O) groups excluding carboxylic acids is 3. The summed E-state index contributed by atoms with van der Waals surface area (Å²) in [5.41, 5.74) is 2.62. The average Bonchev–Trinajstić information content (AvgIpc) is 3.52. The predicted octanol–water partition coefficient (Wildman–Crippen LogP) is 7.11. The Morgan fingerprint density at radius 1 is 0.907 bits per heavy atom. The molecular formula is C36H29ClN2O4. The summed E-state index contributed by atoms with van der Waals surface area (Å²) < 4.78 is 5.87. The van der Waals surface area contributed by atoms with Crippen LogP contribution in [0.4, 0.5) is 5.69 Å². The van der Waals surface area contributed by atoms with Crippen LogP contribution in [0.25, 0.3) is 6.08 Å². The molecular weight excluding hydrogens is 560 g/mol. The van der Waals surface area contributed by atoms with E-state index in [0.29, 0.717) is 39.8 Å². The van der Waals surface area contributed by atoms with E-state index >= 15 is 0 Å². The van der Waals surface area contributed by atoms with Gasteiger partial charge in [-0.15, -0.1) is 0 Å². The Morgan fingerprint density at radius 3 is 2.49 bits per heavy atom. The molecule has 3 aliphatic heterocycles. The normalized spacial score (nSPS) is 23.0. The van der Waals surface area contributed by atoms with Gasteiger partial charge in [0.05, 0.1) is 18.6 Å². The molecule has 6 nitrogen and oxygen atoms in total. The zero-order valence-corrected chi connectivity index (χ0v) is 24.3. The number of hydrogen-bond donors (Lipinski definition) is 1. The molecule has 4 aromatic rings. The van der Waals surface area contributed by atoms with Crippen molar-refractivity contribution in [3.8, 4) is 5.75 Å². The zero-order chi connectivity index (χ0) is 29.7. The van der Waals surface area contributed by atoms with Crippen LogP contribution in [0.2, 0.25) is 5.02 Å². The monoisotopic (exact) mass is 588 g/mol. The predicted molar refractivity (Wildman–Crippen MR) is 166 cm³/mol. The number of fused-ring (bicyclic) bond motifs is 6. The molecule has 0 unspecified atom stereocenters. The molecule has 1 saturated heterocycles. The van der Waals surface area contributed by atoms with Crippen molar-refractivity contribution in [1.29, 1.82) is 0 Å². The highest BCUT2D eigenvalue weighted by Gasteiger charge is 2.70. The van der Waals surface area contributed by atoms with Gasteiger partial charge in [0.25, 0.3) is 0 Å². The van der Waals surface area contributed by atoms with Gasteiger partial charge in [0.1, 0.15) is 17.2 Å². The summed E-state index contributed by atoms with van der Waals surface area (Å²) in [6, 6.07) is 27.5. The number of carbonyl (C=O) groups is 3. The van der Waals surface area contributed by atoms with Gasteiger partial charge >= 0.3 is 0 Å². The maximum Gasteiger partial charge on any atom is 0.238 e. The summed E-state index contributed by atoms with van der Waals surface area (Å²) in [5, 5.41) is 3.59. The van der Waals surface area contributed by atoms with Crippen LogP contribution in [0.1, 0.15) is 56.8 Å². The van der Waals surface area contributed by atoms with Crippen molar-refractivity contribution < 1.29 is 19.1 Å². The van der Waals surface area contributed by atoms with Gasteiger partial charge in [0, 0.05) is 28.0 Å². The minimum Gasteiger partial charge on any atom is -0.494 e. The Hall–Kier alpha value is -4.68. The van der Waals surface area contributed by atoms with E-state index in [0.717, 1.165) is 17.5 Å². The third kappa shape index (κ3) is 4.12. The molecule has 214 valence electrons. The number of halogens is 1. The van der Waals surface area contributed by atoms with Crippen molar-refractivity contribution in [2.75, 3.05) is 11.9 Å². The number of benzene rings is 4. The number of hydrogen-bond acceptors (Lipinski definition) is 5. The van der Waals surface area contributed by atoms with Crippen molar-refractivity contribution in [3.63, 3.8) is 0 Å². The molecule has 3 aliphatic rings. The third-order valence-electron chi connectivity index (χ3n) is 8.84. The lowest BCUT2D eigenvalue weighted by atomic mass is 9.62. The summed E-state index contributed by atoms with van der Waals surface area (Å²) >= 11 is 6.18. The van der Waals surface area contributed by atoms with E-state index in [-0.39, 0.29) is 17.5 Å². The number of ketones is 2. The fraction of sp³-hybridized carbons (Fsp3) is 0.194. The fourth-order valence-corrected chi connectivity index (χ4v) is 7.22. The Labute approximate surface area is 254 Å². The smallest absolute Gasteiger partial charge is 0.238 e. The molecule has 43 heavy (non-hydrogen) atoms. The van der Waals surface area contributed by atoms with Crippen LogP contribution in [0.3, 0.4) is 0 Å². The number of rotatable bonds is 7. The van der Waals surface area contributed by atoms with Gasteiger partial charge in [-0.3, -0.25) is 14.4 Å². The highest BCUT2D eigenvalue weighted by Crippen LogP contribution is 2.62. The average molecular weight is 589 g/mol. The van der Waals surface area contributed by atoms with Gasteiger partial charge < -0.3 is 15.0 Å². The van der Waals surface area contributed by atoms with Crippen molar-refractivity contribution >= 4 is 40.8 Å². The molecule has 4 atom stereocenters. The molecule has 0 radical (unpaired) electrons. The van der Waals surface area contributed by atoms with E-state index < -0.39 is 23.4 Å². The van der Waals surface area contributed by atoms with Crippen molar-refractivity contribution in [3.05, 3.63) is 136 Å². The minimum absolute atomic E-state index is 0.253. The molecule has 1 amide bonds. The summed E-state index contributed by atoms with van der Waals surface area (Å²) in [4.78, 5) is 46.1.